The number of non-ortho nitro benzene ring substituents is 1. The lowest BCUT2D eigenvalue weighted by Crippen LogP contribution is -2.46. The van der Waals surface area contributed by atoms with Crippen LogP contribution < -0.4 is 5.32 Å². The van der Waals surface area contributed by atoms with Crippen LogP contribution in [0, 0.1) is 10.1 Å². The van der Waals surface area contributed by atoms with Crippen LogP contribution in [0.25, 0.3) is 0 Å². The highest BCUT2D eigenvalue weighted by Gasteiger charge is 2.30. The van der Waals surface area contributed by atoms with Crippen molar-refractivity contribution in [1.29, 1.82) is 0 Å². The first-order valence-corrected chi connectivity index (χ1v) is 7.23. The van der Waals surface area contributed by atoms with Gasteiger partial charge in [0, 0.05) is 49.2 Å². The molecule has 7 nitrogen and oxygen atoms in total. The standard InChI is InChI=1S/C13H15BrN2O5/c14-11-2-1-9(16(19)20)7-10(11)12(17)15-8-13(18)3-5-21-6-4-13/h1-2,7,18H,3-6,8H2,(H,15,17). The fourth-order valence-corrected chi connectivity index (χ4v) is 2.50. The van der Waals surface area contributed by atoms with E-state index >= 15 is 0 Å². The van der Waals surface area contributed by atoms with Gasteiger partial charge in [0.15, 0.2) is 0 Å². The number of amides is 1. The van der Waals surface area contributed by atoms with Gasteiger partial charge < -0.3 is 15.2 Å². The molecule has 1 fully saturated rings. The Morgan fingerprint density at radius 2 is 2.14 bits per heavy atom. The van der Waals surface area contributed by atoms with Gasteiger partial charge in [-0.05, 0) is 22.0 Å². The summed E-state index contributed by atoms with van der Waals surface area (Å²) in [4.78, 5) is 22.3. The Labute approximate surface area is 129 Å². The summed E-state index contributed by atoms with van der Waals surface area (Å²) in [5.41, 5.74) is -0.978. The van der Waals surface area contributed by atoms with Crippen LogP contribution in [-0.4, -0.2) is 41.3 Å². The second-order valence-corrected chi connectivity index (χ2v) is 5.79. The van der Waals surface area contributed by atoms with E-state index in [1.165, 1.54) is 18.2 Å². The fraction of sp³-hybridized carbons (Fsp3) is 0.462. The molecule has 0 spiro atoms. The van der Waals surface area contributed by atoms with Gasteiger partial charge in [-0.25, -0.2) is 0 Å². The third-order valence-corrected chi connectivity index (χ3v) is 4.10. The van der Waals surface area contributed by atoms with Crippen LogP contribution in [0.5, 0.6) is 0 Å². The van der Waals surface area contributed by atoms with Crippen LogP contribution in [0.2, 0.25) is 0 Å². The number of ether oxygens (including phenoxy) is 1. The van der Waals surface area contributed by atoms with Gasteiger partial charge in [-0.15, -0.1) is 0 Å². The molecule has 0 aliphatic carbocycles. The monoisotopic (exact) mass is 358 g/mol. The highest BCUT2D eigenvalue weighted by molar-refractivity contribution is 9.10. The second-order valence-electron chi connectivity index (χ2n) is 4.94. The topological polar surface area (TPSA) is 102 Å². The van der Waals surface area contributed by atoms with Crippen LogP contribution in [0.15, 0.2) is 22.7 Å². The zero-order valence-corrected chi connectivity index (χ0v) is 12.8. The summed E-state index contributed by atoms with van der Waals surface area (Å²) in [6.45, 7) is 0.990. The maximum absolute atomic E-state index is 12.1. The molecule has 114 valence electrons. The van der Waals surface area contributed by atoms with E-state index in [-0.39, 0.29) is 17.8 Å². The molecule has 1 aliphatic rings. The molecule has 0 aromatic heterocycles. The molecule has 1 saturated heterocycles. The molecule has 0 saturated carbocycles. The van der Waals surface area contributed by atoms with E-state index in [9.17, 15) is 20.0 Å². The van der Waals surface area contributed by atoms with Crippen molar-refractivity contribution in [3.8, 4) is 0 Å². The molecule has 1 heterocycles. The van der Waals surface area contributed by atoms with Crippen LogP contribution in [0.4, 0.5) is 5.69 Å². The second kappa shape index (κ2) is 6.50. The first-order chi connectivity index (χ1) is 9.91. The zero-order chi connectivity index (χ0) is 15.5. The van der Waals surface area contributed by atoms with Gasteiger partial charge in [0.2, 0.25) is 0 Å². The van der Waals surface area contributed by atoms with Crippen LogP contribution in [-0.2, 0) is 4.74 Å². The number of carbonyl (C=O) groups excluding carboxylic acids is 1. The van der Waals surface area contributed by atoms with Gasteiger partial charge in [-0.2, -0.15) is 0 Å². The first kappa shape index (κ1) is 15.9. The molecule has 21 heavy (non-hydrogen) atoms. The third-order valence-electron chi connectivity index (χ3n) is 3.41. The molecule has 1 aromatic rings. The van der Waals surface area contributed by atoms with E-state index in [0.717, 1.165) is 0 Å². The predicted molar refractivity (Wildman–Crippen MR) is 78.1 cm³/mol. The summed E-state index contributed by atoms with van der Waals surface area (Å²) in [6, 6.07) is 3.97. The average Bonchev–Trinajstić information content (AvgIpc) is 2.46. The van der Waals surface area contributed by atoms with Crippen LogP contribution in [0.3, 0.4) is 0 Å². The molecule has 8 heteroatoms. The number of hydrogen-bond donors (Lipinski definition) is 2. The highest BCUT2D eigenvalue weighted by Crippen LogP contribution is 2.23. The Hall–Kier alpha value is -1.51. The largest absolute Gasteiger partial charge is 0.388 e. The van der Waals surface area contributed by atoms with E-state index < -0.39 is 16.4 Å². The van der Waals surface area contributed by atoms with E-state index in [1.807, 2.05) is 0 Å². The first-order valence-electron chi connectivity index (χ1n) is 6.44. The summed E-state index contributed by atoms with van der Waals surface area (Å²) < 4.78 is 5.62. The van der Waals surface area contributed by atoms with E-state index in [0.29, 0.717) is 30.5 Å². The maximum atomic E-state index is 12.1. The average molecular weight is 359 g/mol. The molecule has 1 aliphatic heterocycles. The van der Waals surface area contributed by atoms with E-state index in [2.05, 4.69) is 21.2 Å². The lowest BCUT2D eigenvalue weighted by atomic mass is 9.94. The van der Waals surface area contributed by atoms with Gasteiger partial charge in [0.05, 0.1) is 16.1 Å². The summed E-state index contributed by atoms with van der Waals surface area (Å²) in [5, 5.41) is 23.6. The minimum Gasteiger partial charge on any atom is -0.388 e. The van der Waals surface area contributed by atoms with Gasteiger partial charge >= 0.3 is 0 Å². The third kappa shape index (κ3) is 3.99. The number of nitrogens with one attached hydrogen (secondary N) is 1. The SMILES string of the molecule is O=C(NCC1(O)CCOCC1)c1cc([N+](=O)[O-])ccc1Br. The normalized spacial score (nSPS) is 17.2. The molecule has 0 unspecified atom stereocenters. The molecule has 1 aromatic carbocycles. The molecule has 2 rings (SSSR count). The Morgan fingerprint density at radius 1 is 1.48 bits per heavy atom. The number of carbonyl (C=O) groups is 1. The number of halogens is 1. The number of benzene rings is 1. The Balaban J connectivity index is 2.06. The van der Waals surface area contributed by atoms with Crippen LogP contribution in [0.1, 0.15) is 23.2 Å². The van der Waals surface area contributed by atoms with Crippen molar-refractivity contribution in [3.05, 3.63) is 38.3 Å². The minimum atomic E-state index is -0.985. The van der Waals surface area contributed by atoms with E-state index in [4.69, 9.17) is 4.74 Å². The highest BCUT2D eigenvalue weighted by atomic mass is 79.9. The molecular weight excluding hydrogens is 344 g/mol. The predicted octanol–water partition coefficient (Wildman–Crippen LogP) is 1.63. The number of nitro benzene ring substituents is 1. The van der Waals surface area contributed by atoms with Crippen molar-refractivity contribution in [2.24, 2.45) is 0 Å². The number of aliphatic hydroxyl groups is 1. The van der Waals surface area contributed by atoms with Gasteiger partial charge in [-0.1, -0.05) is 0 Å². The molecule has 2 N–H and O–H groups in total. The Kier molecular flexibility index (Phi) is 4.92. The van der Waals surface area contributed by atoms with Gasteiger partial charge in [0.1, 0.15) is 0 Å². The molecule has 0 radical (unpaired) electrons. The number of hydrogen-bond acceptors (Lipinski definition) is 5. The van der Waals surface area contributed by atoms with Crippen molar-refractivity contribution < 1.29 is 19.6 Å². The molecule has 0 atom stereocenters. The molecule has 1 amide bonds. The van der Waals surface area contributed by atoms with Crippen molar-refractivity contribution in [2.75, 3.05) is 19.8 Å². The lowest BCUT2D eigenvalue weighted by molar-refractivity contribution is -0.384. The molecular formula is C13H15BrN2O5. The zero-order valence-electron chi connectivity index (χ0n) is 11.2. The summed E-state index contributed by atoms with van der Waals surface area (Å²) in [7, 11) is 0. The lowest BCUT2D eigenvalue weighted by Gasteiger charge is -2.32. The van der Waals surface area contributed by atoms with Crippen molar-refractivity contribution in [2.45, 2.75) is 18.4 Å². The minimum absolute atomic E-state index is 0.0876. The number of rotatable bonds is 4. The van der Waals surface area contributed by atoms with Crippen molar-refractivity contribution in [1.82, 2.24) is 5.32 Å². The van der Waals surface area contributed by atoms with Crippen LogP contribution >= 0.6 is 15.9 Å². The summed E-state index contributed by atoms with van der Waals surface area (Å²) in [6.07, 6.45) is 0.896. The molecule has 0 bridgehead atoms. The Bertz CT molecular complexity index is 557. The fourth-order valence-electron chi connectivity index (χ4n) is 2.07. The summed E-state index contributed by atoms with van der Waals surface area (Å²) >= 11 is 3.19. The summed E-state index contributed by atoms with van der Waals surface area (Å²) in [5.74, 6) is -0.467. The number of nitro groups is 1. The quantitative estimate of drug-likeness (QED) is 0.629. The Morgan fingerprint density at radius 3 is 2.76 bits per heavy atom. The maximum Gasteiger partial charge on any atom is 0.270 e. The number of nitrogens with zero attached hydrogens (tertiary/aromatic N) is 1. The van der Waals surface area contributed by atoms with Crippen molar-refractivity contribution >= 4 is 27.5 Å². The van der Waals surface area contributed by atoms with Crippen molar-refractivity contribution in [3.63, 3.8) is 0 Å². The van der Waals surface area contributed by atoms with E-state index in [1.54, 1.807) is 0 Å². The smallest absolute Gasteiger partial charge is 0.270 e. The van der Waals surface area contributed by atoms with Gasteiger partial charge in [-0.3, -0.25) is 14.9 Å². The van der Waals surface area contributed by atoms with Gasteiger partial charge in [0.25, 0.3) is 11.6 Å².